The van der Waals surface area contributed by atoms with Gasteiger partial charge in [0.05, 0.1) is 7.11 Å². The quantitative estimate of drug-likeness (QED) is 0.780. The Morgan fingerprint density at radius 3 is 2.88 bits per heavy atom. The summed E-state index contributed by atoms with van der Waals surface area (Å²) >= 11 is 0. The van der Waals surface area contributed by atoms with E-state index in [9.17, 15) is 4.79 Å². The highest BCUT2D eigenvalue weighted by Crippen LogP contribution is 2.61. The lowest BCUT2D eigenvalue weighted by Gasteiger charge is -2.48. The lowest BCUT2D eigenvalue weighted by molar-refractivity contribution is -0.147. The summed E-state index contributed by atoms with van der Waals surface area (Å²) < 4.78 is 5.29. The summed E-state index contributed by atoms with van der Waals surface area (Å²) in [5, 5.41) is 0. The van der Waals surface area contributed by atoms with E-state index >= 15 is 0 Å². The van der Waals surface area contributed by atoms with E-state index in [4.69, 9.17) is 4.74 Å². The van der Waals surface area contributed by atoms with Crippen molar-refractivity contribution in [3.8, 4) is 5.75 Å². The van der Waals surface area contributed by atoms with Crippen molar-refractivity contribution in [1.82, 2.24) is 0 Å². The largest absolute Gasteiger partial charge is 0.497 e. The minimum atomic E-state index is -0.137. The number of carbonyl (C=O) groups is 1. The molecule has 0 spiro atoms. The predicted octanol–water partition coefficient (Wildman–Crippen LogP) is 2.95. The predicted molar refractivity (Wildman–Crippen MR) is 66.3 cm³/mol. The molecule has 90 valence electrons. The molecule has 1 aromatic rings. The highest BCUT2D eigenvalue weighted by atomic mass is 16.5. The molecule has 0 heterocycles. The molecule has 1 aromatic carbocycles. The van der Waals surface area contributed by atoms with Crippen LogP contribution in [0.4, 0.5) is 0 Å². The number of carbonyl (C=O) groups excluding carboxylic acids is 1. The Morgan fingerprint density at radius 2 is 2.24 bits per heavy atom. The van der Waals surface area contributed by atoms with Crippen molar-refractivity contribution in [3.05, 3.63) is 29.3 Å². The zero-order chi connectivity index (χ0) is 12.2. The minimum absolute atomic E-state index is 0.137. The zero-order valence-electron chi connectivity index (χ0n) is 10.6. The summed E-state index contributed by atoms with van der Waals surface area (Å²) in [6, 6.07) is 6.24. The van der Waals surface area contributed by atoms with Crippen molar-refractivity contribution in [3.63, 3.8) is 0 Å². The van der Waals surface area contributed by atoms with E-state index in [2.05, 4.69) is 26.0 Å². The van der Waals surface area contributed by atoms with Gasteiger partial charge < -0.3 is 4.74 Å². The van der Waals surface area contributed by atoms with E-state index in [1.807, 2.05) is 6.07 Å². The molecular formula is C15H18O2. The Kier molecular flexibility index (Phi) is 2.13. The van der Waals surface area contributed by atoms with Gasteiger partial charge in [-0.05, 0) is 36.1 Å². The lowest BCUT2D eigenvalue weighted by atomic mass is 9.52. The van der Waals surface area contributed by atoms with Gasteiger partial charge in [0.15, 0.2) is 0 Å². The van der Waals surface area contributed by atoms with Crippen LogP contribution in [0.2, 0.25) is 0 Å². The molecule has 0 bridgehead atoms. The number of methoxy groups -OCH3 is 1. The normalized spacial score (nSPS) is 33.9. The van der Waals surface area contributed by atoms with Crippen molar-refractivity contribution < 1.29 is 9.53 Å². The van der Waals surface area contributed by atoms with Crippen LogP contribution < -0.4 is 4.74 Å². The number of benzene rings is 1. The number of fused-ring (bicyclic) bond motifs is 3. The van der Waals surface area contributed by atoms with Crippen molar-refractivity contribution in [1.29, 1.82) is 0 Å². The zero-order valence-corrected chi connectivity index (χ0v) is 10.6. The molecule has 0 amide bonds. The van der Waals surface area contributed by atoms with Gasteiger partial charge in [0.25, 0.3) is 0 Å². The Hall–Kier alpha value is -1.31. The van der Waals surface area contributed by atoms with Crippen LogP contribution in [0.15, 0.2) is 18.2 Å². The first-order chi connectivity index (χ1) is 8.11. The van der Waals surface area contributed by atoms with Gasteiger partial charge in [0.1, 0.15) is 11.5 Å². The molecule has 2 nitrogen and oxygen atoms in total. The number of Topliss-reactive ketones (excluding diaryl/α,β-unsaturated/α-hetero) is 1. The van der Waals surface area contributed by atoms with E-state index in [-0.39, 0.29) is 11.3 Å². The molecular weight excluding hydrogens is 212 g/mol. The molecule has 0 aromatic heterocycles. The second kappa shape index (κ2) is 3.34. The van der Waals surface area contributed by atoms with E-state index in [1.165, 1.54) is 11.1 Å². The standard InChI is InChI=1S/C15H18O2/c1-4-15(2)13-11-8-10(17-3)6-5-9(11)7-12(13)14(15)16/h5-6,8,12-13H,4,7H2,1-3H3. The fraction of sp³-hybridized carbons (Fsp3) is 0.533. The van der Waals surface area contributed by atoms with Gasteiger partial charge in [0.2, 0.25) is 0 Å². The van der Waals surface area contributed by atoms with Crippen LogP contribution in [0.3, 0.4) is 0 Å². The van der Waals surface area contributed by atoms with Crippen LogP contribution in [0.5, 0.6) is 5.75 Å². The Bertz CT molecular complexity index is 492. The van der Waals surface area contributed by atoms with E-state index in [1.54, 1.807) is 7.11 Å². The van der Waals surface area contributed by atoms with Crippen molar-refractivity contribution in [2.75, 3.05) is 7.11 Å². The topological polar surface area (TPSA) is 26.3 Å². The van der Waals surface area contributed by atoms with Gasteiger partial charge in [-0.25, -0.2) is 0 Å². The van der Waals surface area contributed by atoms with Gasteiger partial charge in [-0.3, -0.25) is 4.79 Å². The summed E-state index contributed by atoms with van der Waals surface area (Å²) in [5.41, 5.74) is 2.55. The molecule has 0 aliphatic heterocycles. The third kappa shape index (κ3) is 1.18. The average Bonchev–Trinajstić information content (AvgIpc) is 2.73. The summed E-state index contributed by atoms with van der Waals surface area (Å²) in [4.78, 5) is 12.2. The summed E-state index contributed by atoms with van der Waals surface area (Å²) in [6.45, 7) is 4.23. The molecule has 2 heteroatoms. The monoisotopic (exact) mass is 230 g/mol. The van der Waals surface area contributed by atoms with Gasteiger partial charge >= 0.3 is 0 Å². The van der Waals surface area contributed by atoms with Gasteiger partial charge in [0, 0.05) is 17.3 Å². The van der Waals surface area contributed by atoms with E-state index in [0.717, 1.165) is 18.6 Å². The Labute approximate surface area is 102 Å². The third-order valence-corrected chi connectivity index (χ3v) is 4.85. The van der Waals surface area contributed by atoms with Crippen LogP contribution in [-0.2, 0) is 11.2 Å². The maximum atomic E-state index is 12.2. The maximum Gasteiger partial charge on any atom is 0.143 e. The van der Waals surface area contributed by atoms with E-state index < -0.39 is 0 Å². The van der Waals surface area contributed by atoms with Crippen LogP contribution in [0, 0.1) is 11.3 Å². The smallest absolute Gasteiger partial charge is 0.143 e. The van der Waals surface area contributed by atoms with Gasteiger partial charge in [-0.1, -0.05) is 19.9 Å². The second-order valence-corrected chi connectivity index (χ2v) is 5.49. The Morgan fingerprint density at radius 1 is 1.47 bits per heavy atom. The molecule has 1 saturated carbocycles. The van der Waals surface area contributed by atoms with Crippen LogP contribution >= 0.6 is 0 Å². The fourth-order valence-electron chi connectivity index (χ4n) is 3.65. The molecule has 3 rings (SSSR count). The molecule has 0 radical (unpaired) electrons. The molecule has 0 N–H and O–H groups in total. The Balaban J connectivity index is 2.06. The molecule has 3 atom stereocenters. The van der Waals surface area contributed by atoms with Crippen LogP contribution in [0.1, 0.15) is 37.3 Å². The lowest BCUT2D eigenvalue weighted by Crippen LogP contribution is -2.52. The van der Waals surface area contributed by atoms with Crippen molar-refractivity contribution in [2.24, 2.45) is 11.3 Å². The molecule has 2 aliphatic rings. The minimum Gasteiger partial charge on any atom is -0.497 e. The summed E-state index contributed by atoms with van der Waals surface area (Å²) in [5.74, 6) is 2.02. The first-order valence-electron chi connectivity index (χ1n) is 6.33. The molecule has 3 unspecified atom stereocenters. The second-order valence-electron chi connectivity index (χ2n) is 5.49. The van der Waals surface area contributed by atoms with Crippen LogP contribution in [0.25, 0.3) is 0 Å². The summed E-state index contributed by atoms with van der Waals surface area (Å²) in [7, 11) is 1.69. The van der Waals surface area contributed by atoms with Gasteiger partial charge in [-0.2, -0.15) is 0 Å². The molecule has 1 fully saturated rings. The number of ether oxygens (including phenoxy) is 1. The fourth-order valence-corrected chi connectivity index (χ4v) is 3.65. The van der Waals surface area contributed by atoms with E-state index in [0.29, 0.717) is 11.7 Å². The first-order valence-corrected chi connectivity index (χ1v) is 6.33. The third-order valence-electron chi connectivity index (χ3n) is 4.85. The molecule has 0 saturated heterocycles. The molecule has 17 heavy (non-hydrogen) atoms. The SMILES string of the molecule is CCC1(C)C(=O)C2Cc3ccc(OC)cc3C21. The number of ketones is 1. The first kappa shape index (κ1) is 10.8. The number of hydrogen-bond donors (Lipinski definition) is 0. The molecule has 2 aliphatic carbocycles. The highest BCUT2D eigenvalue weighted by molar-refractivity contribution is 5.97. The van der Waals surface area contributed by atoms with Crippen LogP contribution in [-0.4, -0.2) is 12.9 Å². The van der Waals surface area contributed by atoms with Crippen molar-refractivity contribution >= 4 is 5.78 Å². The number of rotatable bonds is 2. The van der Waals surface area contributed by atoms with Gasteiger partial charge in [-0.15, -0.1) is 0 Å². The van der Waals surface area contributed by atoms with Crippen molar-refractivity contribution in [2.45, 2.75) is 32.6 Å². The average molecular weight is 230 g/mol. The number of hydrogen-bond acceptors (Lipinski definition) is 2. The summed E-state index contributed by atoms with van der Waals surface area (Å²) in [6.07, 6.45) is 1.86. The maximum absolute atomic E-state index is 12.2. The highest BCUT2D eigenvalue weighted by Gasteiger charge is 2.61.